The highest BCUT2D eigenvalue weighted by atomic mass is 32.1. The number of furan rings is 1. The molecule has 9 nitrogen and oxygen atoms in total. The predicted molar refractivity (Wildman–Crippen MR) is 140 cm³/mol. The molecule has 5 rings (SSSR count). The number of ether oxygens (including phenoxy) is 3. The number of hydrogen-bond donors (Lipinski definition) is 0. The molecule has 0 saturated carbocycles. The molecule has 4 heterocycles. The summed E-state index contributed by atoms with van der Waals surface area (Å²) >= 11 is 1.27. The second kappa shape index (κ2) is 10.8. The molecule has 1 unspecified atom stereocenters. The Morgan fingerprint density at radius 1 is 1.14 bits per heavy atom. The Hall–Kier alpha value is -3.63. The van der Waals surface area contributed by atoms with Gasteiger partial charge in [-0.25, -0.2) is 9.79 Å². The van der Waals surface area contributed by atoms with Crippen LogP contribution in [0.5, 0.6) is 5.75 Å². The fourth-order valence-corrected chi connectivity index (χ4v) is 5.55. The number of rotatable bonds is 7. The van der Waals surface area contributed by atoms with E-state index in [2.05, 4.69) is 9.89 Å². The van der Waals surface area contributed by atoms with E-state index in [9.17, 15) is 9.59 Å². The first-order valence-corrected chi connectivity index (χ1v) is 13.2. The quantitative estimate of drug-likeness (QED) is 0.440. The van der Waals surface area contributed by atoms with Crippen LogP contribution < -0.4 is 24.5 Å². The van der Waals surface area contributed by atoms with Crippen LogP contribution in [0.25, 0.3) is 6.08 Å². The number of allylic oxidation sites excluding steroid dienone is 1. The van der Waals surface area contributed by atoms with Gasteiger partial charge in [0.05, 0.1) is 48.3 Å². The number of morpholine rings is 1. The average molecular weight is 524 g/mol. The molecular formula is C27H29N3O6S. The van der Waals surface area contributed by atoms with Crippen molar-refractivity contribution < 1.29 is 23.4 Å². The molecule has 2 aliphatic heterocycles. The van der Waals surface area contributed by atoms with Crippen molar-refractivity contribution in [1.29, 1.82) is 0 Å². The van der Waals surface area contributed by atoms with Crippen LogP contribution in [-0.2, 0) is 14.3 Å². The topological polar surface area (TPSA) is 95.5 Å². The normalized spacial score (nSPS) is 18.0. The maximum Gasteiger partial charge on any atom is 0.338 e. The highest BCUT2D eigenvalue weighted by molar-refractivity contribution is 7.07. The lowest BCUT2D eigenvalue weighted by atomic mass is 9.96. The van der Waals surface area contributed by atoms with Gasteiger partial charge in [0.1, 0.15) is 11.5 Å². The van der Waals surface area contributed by atoms with Gasteiger partial charge < -0.3 is 23.5 Å². The van der Waals surface area contributed by atoms with Gasteiger partial charge in [0, 0.05) is 25.2 Å². The number of thiazole rings is 1. The number of carbonyl (C=O) groups excluding carboxylic acids is 1. The Bertz CT molecular complexity index is 1490. The SMILES string of the molecule is CCOC(=O)C1=C(C)N=c2sc(=Cc3ccc(N4CCOCC4)o3)c(=O)n2C1c1ccc(OCC)cc1. The summed E-state index contributed by atoms with van der Waals surface area (Å²) in [6.45, 7) is 9.03. The van der Waals surface area contributed by atoms with E-state index in [-0.39, 0.29) is 12.2 Å². The summed E-state index contributed by atoms with van der Waals surface area (Å²) in [5, 5.41) is 0. The Morgan fingerprint density at radius 2 is 1.89 bits per heavy atom. The van der Waals surface area contributed by atoms with Gasteiger partial charge in [0.25, 0.3) is 5.56 Å². The lowest BCUT2D eigenvalue weighted by Gasteiger charge is -2.26. The first-order chi connectivity index (χ1) is 18.0. The predicted octanol–water partition coefficient (Wildman–Crippen LogP) is 2.63. The summed E-state index contributed by atoms with van der Waals surface area (Å²) in [7, 11) is 0. The number of anilines is 1. The minimum atomic E-state index is -0.673. The van der Waals surface area contributed by atoms with E-state index in [0.717, 1.165) is 24.5 Å². The molecule has 0 aliphatic carbocycles. The van der Waals surface area contributed by atoms with E-state index in [1.165, 1.54) is 11.3 Å². The van der Waals surface area contributed by atoms with Gasteiger partial charge in [-0.3, -0.25) is 9.36 Å². The zero-order valence-corrected chi connectivity index (χ0v) is 21.9. The molecule has 1 saturated heterocycles. The number of nitrogens with zero attached hydrogens (tertiary/aromatic N) is 3. The number of esters is 1. The zero-order chi connectivity index (χ0) is 25.9. The lowest BCUT2D eigenvalue weighted by molar-refractivity contribution is -0.139. The fourth-order valence-electron chi connectivity index (χ4n) is 4.52. The Labute approximate surface area is 217 Å². The highest BCUT2D eigenvalue weighted by Gasteiger charge is 2.33. The molecular weight excluding hydrogens is 494 g/mol. The van der Waals surface area contributed by atoms with Crippen LogP contribution in [0.2, 0.25) is 0 Å². The van der Waals surface area contributed by atoms with Crippen LogP contribution in [0, 0.1) is 0 Å². The molecule has 0 radical (unpaired) electrons. The van der Waals surface area contributed by atoms with Crippen molar-refractivity contribution in [1.82, 2.24) is 4.57 Å². The van der Waals surface area contributed by atoms with Gasteiger partial charge in [0.15, 0.2) is 10.7 Å². The van der Waals surface area contributed by atoms with Crippen molar-refractivity contribution >= 4 is 29.3 Å². The summed E-state index contributed by atoms with van der Waals surface area (Å²) in [5.41, 5.74) is 1.39. The fraction of sp³-hybridized carbons (Fsp3) is 0.370. The van der Waals surface area contributed by atoms with E-state index in [0.29, 0.717) is 51.9 Å². The number of carbonyl (C=O) groups is 1. The van der Waals surface area contributed by atoms with E-state index < -0.39 is 12.0 Å². The number of aromatic nitrogens is 1. The Balaban J connectivity index is 1.59. The van der Waals surface area contributed by atoms with Crippen LogP contribution in [0.3, 0.4) is 0 Å². The zero-order valence-electron chi connectivity index (χ0n) is 21.1. The highest BCUT2D eigenvalue weighted by Crippen LogP contribution is 2.31. The van der Waals surface area contributed by atoms with Gasteiger partial charge in [-0.1, -0.05) is 23.5 Å². The third-order valence-electron chi connectivity index (χ3n) is 6.23. The molecule has 1 fully saturated rings. The molecule has 0 amide bonds. The first kappa shape index (κ1) is 25.0. The molecule has 1 atom stereocenters. The largest absolute Gasteiger partial charge is 0.494 e. The van der Waals surface area contributed by atoms with Crippen LogP contribution >= 0.6 is 11.3 Å². The summed E-state index contributed by atoms with van der Waals surface area (Å²) in [6.07, 6.45) is 1.73. The molecule has 2 aromatic heterocycles. The van der Waals surface area contributed by atoms with Crippen LogP contribution in [-0.4, -0.2) is 50.1 Å². The van der Waals surface area contributed by atoms with Crippen LogP contribution in [0.15, 0.2) is 61.9 Å². The summed E-state index contributed by atoms with van der Waals surface area (Å²) in [6, 6.07) is 10.5. The van der Waals surface area contributed by atoms with Gasteiger partial charge in [0.2, 0.25) is 0 Å². The summed E-state index contributed by atoms with van der Waals surface area (Å²) < 4.78 is 24.4. The van der Waals surface area contributed by atoms with Gasteiger partial charge >= 0.3 is 5.97 Å². The average Bonchev–Trinajstić information content (AvgIpc) is 3.49. The molecule has 194 valence electrons. The maximum atomic E-state index is 13.7. The van der Waals surface area contributed by atoms with Crippen molar-refractivity contribution in [3.05, 3.63) is 78.7 Å². The first-order valence-electron chi connectivity index (χ1n) is 12.3. The van der Waals surface area contributed by atoms with Crippen molar-refractivity contribution in [3.8, 4) is 5.75 Å². The van der Waals surface area contributed by atoms with E-state index >= 15 is 0 Å². The minimum absolute atomic E-state index is 0.222. The van der Waals surface area contributed by atoms with E-state index in [1.54, 1.807) is 24.5 Å². The second-order valence-corrected chi connectivity index (χ2v) is 9.59. The van der Waals surface area contributed by atoms with E-state index in [1.807, 2.05) is 43.3 Å². The standard InChI is InChI=1S/C27H29N3O6S/c1-4-34-19-8-6-18(7-9-19)24-23(26(32)35-5-2)17(3)28-27-30(24)25(31)21(37-27)16-20-10-11-22(36-20)29-12-14-33-15-13-29/h6-11,16,24H,4-5,12-15H2,1-3H3. The molecule has 1 aromatic carbocycles. The summed E-state index contributed by atoms with van der Waals surface area (Å²) in [4.78, 5) is 34.0. The number of benzene rings is 1. The second-order valence-electron chi connectivity index (χ2n) is 8.58. The summed E-state index contributed by atoms with van der Waals surface area (Å²) in [5.74, 6) is 1.55. The molecule has 0 bridgehead atoms. The molecule has 37 heavy (non-hydrogen) atoms. The van der Waals surface area contributed by atoms with Gasteiger partial charge in [-0.2, -0.15) is 0 Å². The van der Waals surface area contributed by atoms with Crippen molar-refractivity contribution in [2.24, 2.45) is 4.99 Å². The molecule has 0 spiro atoms. The number of hydrogen-bond acceptors (Lipinski definition) is 9. The lowest BCUT2D eigenvalue weighted by Crippen LogP contribution is -2.39. The van der Waals surface area contributed by atoms with Crippen LogP contribution in [0.4, 0.5) is 5.88 Å². The van der Waals surface area contributed by atoms with Gasteiger partial charge in [-0.05, 0) is 44.5 Å². The number of fused-ring (bicyclic) bond motifs is 1. The Morgan fingerprint density at radius 3 is 2.59 bits per heavy atom. The smallest absolute Gasteiger partial charge is 0.338 e. The monoisotopic (exact) mass is 523 g/mol. The third kappa shape index (κ3) is 4.99. The van der Waals surface area contributed by atoms with E-state index in [4.69, 9.17) is 18.6 Å². The Kier molecular flexibility index (Phi) is 7.29. The molecule has 3 aromatic rings. The van der Waals surface area contributed by atoms with Crippen LogP contribution in [0.1, 0.15) is 38.1 Å². The minimum Gasteiger partial charge on any atom is -0.494 e. The third-order valence-corrected chi connectivity index (χ3v) is 7.22. The van der Waals surface area contributed by atoms with Gasteiger partial charge in [-0.15, -0.1) is 0 Å². The molecule has 2 aliphatic rings. The van der Waals surface area contributed by atoms with Crippen molar-refractivity contribution in [3.63, 3.8) is 0 Å². The molecule has 10 heteroatoms. The van der Waals surface area contributed by atoms with Crippen molar-refractivity contribution in [2.75, 3.05) is 44.4 Å². The molecule has 0 N–H and O–H groups in total. The maximum absolute atomic E-state index is 13.7. The van der Waals surface area contributed by atoms with Crippen molar-refractivity contribution in [2.45, 2.75) is 26.8 Å².